The average molecular weight is 91.9 g/mol. The maximum absolute atomic E-state index is 3.05. The quantitative estimate of drug-likeness (QED) is 0.423. The van der Waals surface area contributed by atoms with Crippen molar-refractivity contribution in [1.29, 1.82) is 0 Å². The first-order valence-corrected chi connectivity index (χ1v) is 2.38. The first-order valence-electron chi connectivity index (χ1n) is 2.38. The molecule has 0 amide bonds. The third-order valence-electron chi connectivity index (χ3n) is 0.808. The van der Waals surface area contributed by atoms with Gasteiger partial charge in [0.2, 0.25) is 7.41 Å². The highest BCUT2D eigenvalue weighted by Gasteiger charge is 1.81. The zero-order chi connectivity index (χ0) is 4.95. The Hall–Kier alpha value is -0.495. The van der Waals surface area contributed by atoms with E-state index < -0.39 is 0 Å². The number of rotatable bonds is 0. The van der Waals surface area contributed by atoms with Gasteiger partial charge < -0.3 is 5.23 Å². The summed E-state index contributed by atoms with van der Waals surface area (Å²) in [6.45, 7) is 0.951. The molecule has 1 N–H and O–H groups in total. The molecule has 0 spiro atoms. The minimum absolute atomic E-state index is 0.951. The van der Waals surface area contributed by atoms with E-state index in [0.717, 1.165) is 6.54 Å². The number of allylic oxidation sites excluding steroid dienone is 2. The summed E-state index contributed by atoms with van der Waals surface area (Å²) in [6, 6.07) is 0. The Labute approximate surface area is 44.4 Å². The zero-order valence-corrected chi connectivity index (χ0v) is 4.09. The van der Waals surface area contributed by atoms with E-state index in [-0.39, 0.29) is 0 Å². The fourth-order valence-corrected chi connectivity index (χ4v) is 0.470. The summed E-state index contributed by atoms with van der Waals surface area (Å²) in [5.74, 6) is 1.98. The van der Waals surface area contributed by atoms with Gasteiger partial charge in [-0.3, -0.25) is 0 Å². The Morgan fingerprint density at radius 2 is 2.43 bits per heavy atom. The van der Waals surface area contributed by atoms with Crippen molar-refractivity contribution >= 4 is 7.41 Å². The zero-order valence-electron chi connectivity index (χ0n) is 4.09. The summed E-state index contributed by atoms with van der Waals surface area (Å²) in [6.07, 6.45) is 6.09. The monoisotopic (exact) mass is 92.1 g/mol. The lowest BCUT2D eigenvalue weighted by atomic mass is 9.95. The van der Waals surface area contributed by atoms with Gasteiger partial charge in [-0.2, -0.15) is 0 Å². The van der Waals surface area contributed by atoms with Gasteiger partial charge in [-0.05, 0) is 0 Å². The Balaban J connectivity index is 2.39. The van der Waals surface area contributed by atoms with Crippen molar-refractivity contribution in [2.24, 2.45) is 0 Å². The number of nitrogens with one attached hydrogen (secondary N) is 1. The van der Waals surface area contributed by atoms with Gasteiger partial charge in [-0.25, -0.2) is 0 Å². The van der Waals surface area contributed by atoms with E-state index in [9.17, 15) is 0 Å². The first kappa shape index (κ1) is 4.66. The highest BCUT2D eigenvalue weighted by Crippen LogP contribution is 1.77. The molecule has 7 heavy (non-hydrogen) atoms. The molecule has 0 fully saturated rings. The van der Waals surface area contributed by atoms with Gasteiger partial charge in [0.25, 0.3) is 0 Å². The van der Waals surface area contributed by atoms with Crippen molar-refractivity contribution in [2.75, 3.05) is 6.54 Å². The fraction of sp³-hybridized carbons (Fsp3) is 0.200. The van der Waals surface area contributed by atoms with Crippen molar-refractivity contribution in [3.8, 4) is 0 Å². The second kappa shape index (κ2) is 2.64. The average Bonchev–Trinajstić information content (AvgIpc) is 1.90. The van der Waals surface area contributed by atoms with Crippen LogP contribution in [0.3, 0.4) is 0 Å². The van der Waals surface area contributed by atoms with Crippen LogP contribution in [0.5, 0.6) is 0 Å². The van der Waals surface area contributed by atoms with Gasteiger partial charge >= 0.3 is 0 Å². The lowest BCUT2D eigenvalue weighted by Gasteiger charge is -1.85. The standard InChI is InChI=1S/C5H7BN/c1-2-4-6-7-5-3-1/h1-4,7H,5H2. The molecule has 0 atom stereocenters. The van der Waals surface area contributed by atoms with Crippen molar-refractivity contribution < 1.29 is 0 Å². The van der Waals surface area contributed by atoms with Crippen LogP contribution in [-0.2, 0) is 0 Å². The van der Waals surface area contributed by atoms with Crippen molar-refractivity contribution in [2.45, 2.75) is 0 Å². The van der Waals surface area contributed by atoms with E-state index in [1.165, 1.54) is 0 Å². The SMILES string of the molecule is [B]1C=CC=CCN1. The fourth-order valence-electron chi connectivity index (χ4n) is 0.470. The van der Waals surface area contributed by atoms with Crippen LogP contribution in [0.25, 0.3) is 0 Å². The van der Waals surface area contributed by atoms with E-state index in [0.29, 0.717) is 0 Å². The molecule has 0 unspecified atom stereocenters. The van der Waals surface area contributed by atoms with E-state index >= 15 is 0 Å². The van der Waals surface area contributed by atoms with Gasteiger partial charge in [0.05, 0.1) is 0 Å². The summed E-state index contributed by atoms with van der Waals surface area (Å²) in [5, 5.41) is 3.05. The van der Waals surface area contributed by atoms with Crippen LogP contribution >= 0.6 is 0 Å². The molecule has 0 saturated heterocycles. The molecule has 2 heteroatoms. The smallest absolute Gasteiger partial charge is 0.236 e. The van der Waals surface area contributed by atoms with Crippen LogP contribution in [0.2, 0.25) is 0 Å². The molecule has 0 saturated carbocycles. The molecular weight excluding hydrogens is 84.9 g/mol. The molecule has 0 aliphatic carbocycles. The lowest BCUT2D eigenvalue weighted by molar-refractivity contribution is 1.10. The molecule has 0 aromatic rings. The Morgan fingerprint density at radius 3 is 3.43 bits per heavy atom. The molecule has 35 valence electrons. The second-order valence-corrected chi connectivity index (χ2v) is 1.39. The Bertz CT molecular complexity index is 84.3. The molecule has 0 aromatic carbocycles. The normalized spacial score (nSPS) is 18.3. The second-order valence-electron chi connectivity index (χ2n) is 1.39. The summed E-state index contributed by atoms with van der Waals surface area (Å²) in [7, 11) is 1.93. The first-order chi connectivity index (χ1) is 3.50. The summed E-state index contributed by atoms with van der Waals surface area (Å²) in [4.78, 5) is 0. The van der Waals surface area contributed by atoms with Crippen molar-refractivity contribution in [1.82, 2.24) is 5.23 Å². The van der Waals surface area contributed by atoms with E-state index in [2.05, 4.69) is 11.3 Å². The minimum Gasteiger partial charge on any atom is -0.353 e. The minimum atomic E-state index is 0.951. The van der Waals surface area contributed by atoms with Gasteiger partial charge in [0.1, 0.15) is 0 Å². The van der Waals surface area contributed by atoms with Crippen LogP contribution in [0.4, 0.5) is 0 Å². The Morgan fingerprint density at radius 1 is 1.43 bits per heavy atom. The third-order valence-corrected chi connectivity index (χ3v) is 0.808. The van der Waals surface area contributed by atoms with Gasteiger partial charge in [-0.15, -0.1) is 5.98 Å². The maximum Gasteiger partial charge on any atom is 0.236 e. The summed E-state index contributed by atoms with van der Waals surface area (Å²) >= 11 is 0. The van der Waals surface area contributed by atoms with Crippen LogP contribution in [0.15, 0.2) is 24.2 Å². The largest absolute Gasteiger partial charge is 0.353 e. The highest BCUT2D eigenvalue weighted by atomic mass is 14.7. The predicted octanol–water partition coefficient (Wildman–Crippen LogP) is 0.279. The van der Waals surface area contributed by atoms with Crippen LogP contribution in [0, 0.1) is 0 Å². The maximum atomic E-state index is 3.05. The lowest BCUT2D eigenvalue weighted by Crippen LogP contribution is -2.15. The molecular formula is C5H7BN. The molecule has 1 radical (unpaired) electrons. The molecule has 1 rings (SSSR count). The molecule has 1 aliphatic rings. The molecule has 1 nitrogen and oxygen atoms in total. The molecule has 1 heterocycles. The molecule has 0 bridgehead atoms. The van der Waals surface area contributed by atoms with Gasteiger partial charge in [0, 0.05) is 6.54 Å². The summed E-state index contributed by atoms with van der Waals surface area (Å²) < 4.78 is 0. The van der Waals surface area contributed by atoms with E-state index in [1.54, 1.807) is 0 Å². The molecule has 0 aromatic heterocycles. The van der Waals surface area contributed by atoms with E-state index in [1.807, 2.05) is 25.5 Å². The van der Waals surface area contributed by atoms with Gasteiger partial charge in [0.15, 0.2) is 0 Å². The summed E-state index contributed by atoms with van der Waals surface area (Å²) in [5.41, 5.74) is 0. The van der Waals surface area contributed by atoms with Crippen molar-refractivity contribution in [3.63, 3.8) is 0 Å². The topological polar surface area (TPSA) is 12.0 Å². The number of hydrogen-bond donors (Lipinski definition) is 1. The third kappa shape index (κ3) is 1.60. The van der Waals surface area contributed by atoms with Crippen LogP contribution in [-0.4, -0.2) is 14.0 Å². The predicted molar refractivity (Wildman–Crippen MR) is 32.0 cm³/mol. The highest BCUT2D eigenvalue weighted by molar-refractivity contribution is 6.39. The van der Waals surface area contributed by atoms with Crippen LogP contribution in [0.1, 0.15) is 0 Å². The molecule has 1 aliphatic heterocycles. The Kier molecular flexibility index (Phi) is 1.76. The van der Waals surface area contributed by atoms with Gasteiger partial charge in [-0.1, -0.05) is 18.2 Å². The van der Waals surface area contributed by atoms with E-state index in [4.69, 9.17) is 0 Å². The number of hydrogen-bond acceptors (Lipinski definition) is 1. The van der Waals surface area contributed by atoms with Crippen LogP contribution < -0.4 is 5.23 Å². The van der Waals surface area contributed by atoms with Crippen molar-refractivity contribution in [3.05, 3.63) is 24.2 Å².